The minimum atomic E-state index is -0.437. The lowest BCUT2D eigenvalue weighted by Gasteiger charge is -2.20. The van der Waals surface area contributed by atoms with Crippen LogP contribution < -0.4 is 16.0 Å². The molecule has 1 amide bonds. The van der Waals surface area contributed by atoms with E-state index in [1.165, 1.54) is 0 Å². The highest BCUT2D eigenvalue weighted by Gasteiger charge is 2.17. The van der Waals surface area contributed by atoms with Crippen LogP contribution in [-0.4, -0.2) is 37.1 Å². The first-order chi connectivity index (χ1) is 8.20. The Morgan fingerprint density at radius 1 is 1.56 bits per heavy atom. The largest absolute Gasteiger partial charge is 0.362 e. The molecule has 0 fully saturated rings. The molecule has 0 aliphatic heterocycles. The van der Waals surface area contributed by atoms with E-state index in [4.69, 9.17) is 5.73 Å². The molecule has 0 saturated heterocycles. The summed E-state index contributed by atoms with van der Waals surface area (Å²) in [6, 6.07) is 1.75. The highest BCUT2D eigenvalue weighted by molar-refractivity contribution is 9.10. The second-order valence-electron chi connectivity index (χ2n) is 5.09. The van der Waals surface area contributed by atoms with Crippen LogP contribution in [-0.2, 0) is 0 Å². The van der Waals surface area contributed by atoms with Crippen LogP contribution in [0.4, 0.5) is 5.82 Å². The molecule has 6 heteroatoms. The Bertz CT molecular complexity index is 440. The first-order valence-corrected chi connectivity index (χ1v) is 6.40. The molecule has 100 valence electrons. The van der Waals surface area contributed by atoms with Crippen LogP contribution in [0.25, 0.3) is 0 Å². The monoisotopic (exact) mass is 314 g/mol. The highest BCUT2D eigenvalue weighted by atomic mass is 79.9. The second kappa shape index (κ2) is 5.67. The third-order valence-electron chi connectivity index (χ3n) is 2.21. The molecular weight excluding hydrogens is 296 g/mol. The van der Waals surface area contributed by atoms with E-state index in [0.29, 0.717) is 17.9 Å². The Labute approximate surface area is 116 Å². The lowest BCUT2D eigenvalue weighted by atomic mass is 10.1. The number of nitrogens with zero attached hydrogens (tertiary/aromatic N) is 2. The Morgan fingerprint density at radius 3 is 2.67 bits per heavy atom. The fourth-order valence-electron chi connectivity index (χ4n) is 1.36. The van der Waals surface area contributed by atoms with Gasteiger partial charge in [0.15, 0.2) is 0 Å². The third kappa shape index (κ3) is 4.27. The lowest BCUT2D eigenvalue weighted by molar-refractivity contribution is 0.0946. The molecule has 1 rings (SSSR count). The molecule has 0 atom stereocenters. The van der Waals surface area contributed by atoms with Crippen molar-refractivity contribution in [3.63, 3.8) is 0 Å². The average Bonchev–Trinajstić information content (AvgIpc) is 2.24. The maximum atomic E-state index is 12.1. The standard InChI is InChI=1S/C12H19BrN4O/c1-12(2,14)7-16-11(18)9-5-8(13)6-15-10(9)17(3)4/h5-6H,7,14H2,1-4H3,(H,16,18). The molecule has 0 aromatic carbocycles. The zero-order chi connectivity index (χ0) is 13.9. The van der Waals surface area contributed by atoms with Gasteiger partial charge in [-0.3, -0.25) is 4.79 Å². The van der Waals surface area contributed by atoms with E-state index in [1.54, 1.807) is 17.2 Å². The van der Waals surface area contributed by atoms with Crippen LogP contribution in [0, 0.1) is 0 Å². The van der Waals surface area contributed by atoms with Crippen molar-refractivity contribution >= 4 is 27.7 Å². The fourth-order valence-corrected chi connectivity index (χ4v) is 1.69. The summed E-state index contributed by atoms with van der Waals surface area (Å²) >= 11 is 3.32. The maximum Gasteiger partial charge on any atom is 0.255 e. The van der Waals surface area contributed by atoms with E-state index < -0.39 is 5.54 Å². The van der Waals surface area contributed by atoms with Gasteiger partial charge in [0.25, 0.3) is 5.91 Å². The van der Waals surface area contributed by atoms with Gasteiger partial charge in [-0.1, -0.05) is 0 Å². The first-order valence-electron chi connectivity index (χ1n) is 5.60. The molecule has 0 spiro atoms. The Kier molecular flexibility index (Phi) is 4.70. The molecule has 3 N–H and O–H groups in total. The van der Waals surface area contributed by atoms with Gasteiger partial charge in [-0.25, -0.2) is 4.98 Å². The van der Waals surface area contributed by atoms with Crippen molar-refractivity contribution in [2.45, 2.75) is 19.4 Å². The summed E-state index contributed by atoms with van der Waals surface area (Å²) in [7, 11) is 3.69. The van der Waals surface area contributed by atoms with Crippen molar-refractivity contribution in [2.24, 2.45) is 5.73 Å². The molecule has 0 saturated carbocycles. The van der Waals surface area contributed by atoms with Crippen molar-refractivity contribution in [2.75, 3.05) is 25.5 Å². The average molecular weight is 315 g/mol. The molecule has 1 aromatic heterocycles. The normalized spacial score (nSPS) is 11.2. The van der Waals surface area contributed by atoms with Crippen molar-refractivity contribution in [3.05, 3.63) is 22.3 Å². The van der Waals surface area contributed by atoms with E-state index >= 15 is 0 Å². The predicted octanol–water partition coefficient (Wildman–Crippen LogP) is 1.38. The van der Waals surface area contributed by atoms with Crippen LogP contribution in [0.5, 0.6) is 0 Å². The van der Waals surface area contributed by atoms with Gasteiger partial charge in [0.05, 0.1) is 5.56 Å². The summed E-state index contributed by atoms with van der Waals surface area (Å²) in [4.78, 5) is 18.1. The fraction of sp³-hybridized carbons (Fsp3) is 0.500. The van der Waals surface area contributed by atoms with Crippen LogP contribution >= 0.6 is 15.9 Å². The zero-order valence-electron chi connectivity index (χ0n) is 11.1. The molecule has 1 aromatic rings. The van der Waals surface area contributed by atoms with Gasteiger partial charge in [0.2, 0.25) is 0 Å². The van der Waals surface area contributed by atoms with Crippen molar-refractivity contribution in [3.8, 4) is 0 Å². The number of nitrogens with one attached hydrogen (secondary N) is 1. The highest BCUT2D eigenvalue weighted by Crippen LogP contribution is 2.19. The smallest absolute Gasteiger partial charge is 0.255 e. The van der Waals surface area contributed by atoms with Crippen LogP contribution in [0.1, 0.15) is 24.2 Å². The number of nitrogens with two attached hydrogens (primary N) is 1. The molecule has 0 bridgehead atoms. The number of amides is 1. The number of halogens is 1. The number of pyridine rings is 1. The first kappa shape index (κ1) is 14.9. The molecule has 1 heterocycles. The van der Waals surface area contributed by atoms with Crippen molar-refractivity contribution in [1.29, 1.82) is 0 Å². The van der Waals surface area contributed by atoms with Crippen molar-refractivity contribution < 1.29 is 4.79 Å². The zero-order valence-corrected chi connectivity index (χ0v) is 12.7. The number of anilines is 1. The number of aromatic nitrogens is 1. The minimum absolute atomic E-state index is 0.175. The summed E-state index contributed by atoms with van der Waals surface area (Å²) < 4.78 is 0.769. The quantitative estimate of drug-likeness (QED) is 0.880. The van der Waals surface area contributed by atoms with Gasteiger partial charge in [-0.05, 0) is 35.8 Å². The van der Waals surface area contributed by atoms with Gasteiger partial charge < -0.3 is 16.0 Å². The molecule has 0 radical (unpaired) electrons. The molecule has 0 aliphatic carbocycles. The van der Waals surface area contributed by atoms with Gasteiger partial charge >= 0.3 is 0 Å². The second-order valence-corrected chi connectivity index (χ2v) is 6.01. The Balaban J connectivity index is 2.94. The topological polar surface area (TPSA) is 71.2 Å². The van der Waals surface area contributed by atoms with Gasteiger partial charge in [-0.15, -0.1) is 0 Å². The van der Waals surface area contributed by atoms with Crippen LogP contribution in [0.2, 0.25) is 0 Å². The van der Waals surface area contributed by atoms with E-state index in [1.807, 2.05) is 27.9 Å². The number of rotatable bonds is 4. The Hall–Kier alpha value is -1.14. The predicted molar refractivity (Wildman–Crippen MR) is 76.9 cm³/mol. The molecule has 0 unspecified atom stereocenters. The number of hydrogen-bond donors (Lipinski definition) is 2. The van der Waals surface area contributed by atoms with Crippen LogP contribution in [0.15, 0.2) is 16.7 Å². The molecular formula is C12H19BrN4O. The minimum Gasteiger partial charge on any atom is -0.362 e. The number of hydrogen-bond acceptors (Lipinski definition) is 4. The SMILES string of the molecule is CN(C)c1ncc(Br)cc1C(=O)NCC(C)(C)N. The molecule has 5 nitrogen and oxygen atoms in total. The van der Waals surface area contributed by atoms with E-state index in [9.17, 15) is 4.79 Å². The van der Waals surface area contributed by atoms with E-state index in [2.05, 4.69) is 26.2 Å². The van der Waals surface area contributed by atoms with E-state index in [-0.39, 0.29) is 5.91 Å². The van der Waals surface area contributed by atoms with Gasteiger partial charge in [0.1, 0.15) is 5.82 Å². The summed E-state index contributed by atoms with van der Waals surface area (Å²) in [6.45, 7) is 4.13. The molecule has 0 aliphatic rings. The molecule has 18 heavy (non-hydrogen) atoms. The summed E-state index contributed by atoms with van der Waals surface area (Å²) in [5.41, 5.74) is 5.93. The summed E-state index contributed by atoms with van der Waals surface area (Å²) in [6.07, 6.45) is 1.67. The van der Waals surface area contributed by atoms with Crippen molar-refractivity contribution in [1.82, 2.24) is 10.3 Å². The summed E-state index contributed by atoms with van der Waals surface area (Å²) in [5, 5.41) is 2.81. The van der Waals surface area contributed by atoms with Gasteiger partial charge in [0, 0.05) is 36.8 Å². The van der Waals surface area contributed by atoms with Crippen LogP contribution in [0.3, 0.4) is 0 Å². The lowest BCUT2D eigenvalue weighted by Crippen LogP contribution is -2.45. The Morgan fingerprint density at radius 2 is 2.17 bits per heavy atom. The number of carbonyl (C=O) groups is 1. The van der Waals surface area contributed by atoms with Gasteiger partial charge in [-0.2, -0.15) is 0 Å². The summed E-state index contributed by atoms with van der Waals surface area (Å²) in [5.74, 6) is 0.455. The third-order valence-corrected chi connectivity index (χ3v) is 2.64. The van der Waals surface area contributed by atoms with E-state index in [0.717, 1.165) is 4.47 Å². The number of carbonyl (C=O) groups excluding carboxylic acids is 1. The maximum absolute atomic E-state index is 12.1.